The molecule has 0 saturated carbocycles. The summed E-state index contributed by atoms with van der Waals surface area (Å²) in [4.78, 5) is 10.8. The zero-order chi connectivity index (χ0) is 10.7. The van der Waals surface area contributed by atoms with Crippen LogP contribution < -0.4 is 11.1 Å². The Kier molecular flexibility index (Phi) is 3.60. The van der Waals surface area contributed by atoms with E-state index in [0.29, 0.717) is 11.4 Å². The number of nitrogens with one attached hydrogen (secondary N) is 2. The number of aromatic nitrogens is 2. The lowest BCUT2D eigenvalue weighted by Gasteiger charge is -2.03. The van der Waals surface area contributed by atoms with E-state index >= 15 is 0 Å². The topological polar surface area (TPSA) is 83.8 Å². The Labute approximate surface area is 90.9 Å². The standard InChI is InChI=1S/C7H10Cl2N4O/c1-3-5(10)6(13-12-3)7(14)11-2-4(8)9/h4H,2,10H2,1H3,(H,11,14)(H,12,13). The van der Waals surface area contributed by atoms with E-state index in [1.54, 1.807) is 6.92 Å². The molecule has 1 aromatic heterocycles. The van der Waals surface area contributed by atoms with Crippen molar-refractivity contribution in [3.63, 3.8) is 0 Å². The van der Waals surface area contributed by atoms with Gasteiger partial charge in [-0.1, -0.05) is 0 Å². The second kappa shape index (κ2) is 4.52. The molecule has 0 aliphatic carbocycles. The molecule has 0 saturated heterocycles. The number of H-pyrrole nitrogens is 1. The highest BCUT2D eigenvalue weighted by Gasteiger charge is 2.15. The Balaban J connectivity index is 2.66. The Morgan fingerprint density at radius 2 is 2.36 bits per heavy atom. The normalized spacial score (nSPS) is 10.6. The molecule has 78 valence electrons. The number of aryl methyl sites for hydroxylation is 1. The number of halogens is 2. The van der Waals surface area contributed by atoms with Crippen LogP contribution in [-0.2, 0) is 0 Å². The molecule has 0 radical (unpaired) electrons. The van der Waals surface area contributed by atoms with Crippen LogP contribution in [0.3, 0.4) is 0 Å². The summed E-state index contributed by atoms with van der Waals surface area (Å²) < 4.78 is 0. The van der Waals surface area contributed by atoms with E-state index in [2.05, 4.69) is 15.5 Å². The summed E-state index contributed by atoms with van der Waals surface area (Å²) in [7, 11) is 0. The molecule has 0 spiro atoms. The molecule has 5 nitrogen and oxygen atoms in total. The van der Waals surface area contributed by atoms with Crippen molar-refractivity contribution in [2.45, 2.75) is 11.8 Å². The number of hydrogen-bond acceptors (Lipinski definition) is 3. The maximum absolute atomic E-state index is 11.4. The first-order valence-corrected chi connectivity index (χ1v) is 4.76. The maximum atomic E-state index is 11.4. The van der Waals surface area contributed by atoms with Gasteiger partial charge in [-0.15, -0.1) is 23.2 Å². The minimum Gasteiger partial charge on any atom is -0.395 e. The number of amides is 1. The third kappa shape index (κ3) is 2.52. The van der Waals surface area contributed by atoms with Gasteiger partial charge in [-0.25, -0.2) is 0 Å². The Bertz CT molecular complexity index is 336. The second-order valence-electron chi connectivity index (χ2n) is 2.71. The van der Waals surface area contributed by atoms with Crippen molar-refractivity contribution in [3.8, 4) is 0 Å². The van der Waals surface area contributed by atoms with Gasteiger partial charge in [0, 0.05) is 6.54 Å². The first-order chi connectivity index (χ1) is 6.52. The fourth-order valence-electron chi connectivity index (χ4n) is 0.864. The lowest BCUT2D eigenvalue weighted by molar-refractivity contribution is 0.0951. The fraction of sp³-hybridized carbons (Fsp3) is 0.429. The highest BCUT2D eigenvalue weighted by Crippen LogP contribution is 2.12. The second-order valence-corrected chi connectivity index (χ2v) is 3.99. The number of nitrogen functional groups attached to an aromatic ring is 1. The third-order valence-corrected chi connectivity index (χ3v) is 1.94. The van der Waals surface area contributed by atoms with Crippen molar-refractivity contribution in [3.05, 3.63) is 11.4 Å². The van der Waals surface area contributed by atoms with Crippen molar-refractivity contribution in [2.24, 2.45) is 0 Å². The van der Waals surface area contributed by atoms with Crippen molar-refractivity contribution < 1.29 is 4.79 Å². The molecule has 1 amide bonds. The summed E-state index contributed by atoms with van der Waals surface area (Å²) in [5.74, 6) is -0.391. The van der Waals surface area contributed by atoms with Crippen molar-refractivity contribution in [2.75, 3.05) is 12.3 Å². The molecule has 14 heavy (non-hydrogen) atoms. The minimum atomic E-state index is -0.639. The lowest BCUT2D eigenvalue weighted by atomic mass is 10.3. The van der Waals surface area contributed by atoms with E-state index < -0.39 is 10.7 Å². The fourth-order valence-corrected chi connectivity index (χ4v) is 1.02. The predicted molar refractivity (Wildman–Crippen MR) is 55.6 cm³/mol. The van der Waals surface area contributed by atoms with E-state index in [4.69, 9.17) is 28.9 Å². The van der Waals surface area contributed by atoms with E-state index in [1.165, 1.54) is 0 Å². The molecule has 0 aliphatic heterocycles. The molecule has 7 heteroatoms. The van der Waals surface area contributed by atoms with Gasteiger partial charge in [0.1, 0.15) is 4.84 Å². The number of hydrogen-bond donors (Lipinski definition) is 3. The summed E-state index contributed by atoms with van der Waals surface area (Å²) >= 11 is 10.9. The summed E-state index contributed by atoms with van der Waals surface area (Å²) in [6.07, 6.45) is 0. The van der Waals surface area contributed by atoms with Gasteiger partial charge in [0.2, 0.25) is 0 Å². The molecule has 0 fully saturated rings. The van der Waals surface area contributed by atoms with Gasteiger partial charge < -0.3 is 11.1 Å². The van der Waals surface area contributed by atoms with Crippen LogP contribution in [0.4, 0.5) is 5.69 Å². The predicted octanol–water partition coefficient (Wildman–Crippen LogP) is 0.834. The quantitative estimate of drug-likeness (QED) is 0.681. The van der Waals surface area contributed by atoms with Gasteiger partial charge in [-0.05, 0) is 6.92 Å². The molecule has 1 aromatic rings. The molecule has 0 atom stereocenters. The maximum Gasteiger partial charge on any atom is 0.274 e. The number of aromatic amines is 1. The van der Waals surface area contributed by atoms with E-state index in [-0.39, 0.29) is 12.2 Å². The van der Waals surface area contributed by atoms with Crippen molar-refractivity contribution >= 4 is 34.8 Å². The Hall–Kier alpha value is -0.940. The van der Waals surface area contributed by atoms with Crippen LogP contribution in [-0.4, -0.2) is 27.5 Å². The van der Waals surface area contributed by atoms with E-state index in [9.17, 15) is 4.79 Å². The number of nitrogens with two attached hydrogens (primary N) is 1. The van der Waals surface area contributed by atoms with Crippen LogP contribution >= 0.6 is 23.2 Å². The zero-order valence-corrected chi connectivity index (χ0v) is 8.99. The number of alkyl halides is 2. The first-order valence-electron chi connectivity index (χ1n) is 3.89. The molecule has 0 bridgehead atoms. The van der Waals surface area contributed by atoms with Crippen LogP contribution in [0.2, 0.25) is 0 Å². The third-order valence-electron chi connectivity index (χ3n) is 1.63. The minimum absolute atomic E-state index is 0.160. The molecule has 0 unspecified atom stereocenters. The molecule has 1 rings (SSSR count). The van der Waals surface area contributed by atoms with Crippen molar-refractivity contribution in [1.29, 1.82) is 0 Å². The Morgan fingerprint density at radius 3 is 2.79 bits per heavy atom. The smallest absolute Gasteiger partial charge is 0.274 e. The number of carbonyl (C=O) groups excluding carboxylic acids is 1. The van der Waals surface area contributed by atoms with Crippen LogP contribution in [0.25, 0.3) is 0 Å². The van der Waals surface area contributed by atoms with Crippen LogP contribution in [0.15, 0.2) is 0 Å². The first kappa shape index (κ1) is 11.1. The molecule has 0 aromatic carbocycles. The van der Waals surface area contributed by atoms with Gasteiger partial charge in [-0.3, -0.25) is 9.89 Å². The van der Waals surface area contributed by atoms with E-state index in [0.717, 1.165) is 0 Å². The average molecular weight is 237 g/mol. The number of anilines is 1. The number of rotatable bonds is 3. The van der Waals surface area contributed by atoms with Crippen molar-refractivity contribution in [1.82, 2.24) is 15.5 Å². The number of carbonyl (C=O) groups is 1. The summed E-state index contributed by atoms with van der Waals surface area (Å²) in [6.45, 7) is 1.89. The van der Waals surface area contributed by atoms with Gasteiger partial charge >= 0.3 is 0 Å². The lowest BCUT2D eigenvalue weighted by Crippen LogP contribution is -2.28. The van der Waals surface area contributed by atoms with Gasteiger partial charge in [-0.2, -0.15) is 5.10 Å². The molecule has 1 heterocycles. The van der Waals surface area contributed by atoms with Gasteiger partial charge in [0.15, 0.2) is 5.69 Å². The van der Waals surface area contributed by atoms with E-state index in [1.807, 2.05) is 0 Å². The monoisotopic (exact) mass is 236 g/mol. The SMILES string of the molecule is Cc1[nH]nc(C(=O)NCC(Cl)Cl)c1N. The zero-order valence-electron chi connectivity index (χ0n) is 7.47. The molecular formula is C7H10Cl2N4O. The summed E-state index contributed by atoms with van der Waals surface area (Å²) in [6, 6.07) is 0. The van der Waals surface area contributed by atoms with Gasteiger partial charge in [0.05, 0.1) is 11.4 Å². The highest BCUT2D eigenvalue weighted by atomic mass is 35.5. The molecule has 4 N–H and O–H groups in total. The average Bonchev–Trinajstić information content (AvgIpc) is 2.44. The summed E-state index contributed by atoms with van der Waals surface area (Å²) in [5.41, 5.74) is 6.75. The van der Waals surface area contributed by atoms with Gasteiger partial charge in [0.25, 0.3) is 5.91 Å². The molecular weight excluding hydrogens is 227 g/mol. The molecule has 0 aliphatic rings. The van der Waals surface area contributed by atoms with Crippen LogP contribution in [0.1, 0.15) is 16.2 Å². The highest BCUT2D eigenvalue weighted by molar-refractivity contribution is 6.44. The van der Waals surface area contributed by atoms with Crippen LogP contribution in [0.5, 0.6) is 0 Å². The largest absolute Gasteiger partial charge is 0.395 e. The number of nitrogens with zero attached hydrogens (tertiary/aromatic N) is 1. The Morgan fingerprint density at radius 1 is 1.71 bits per heavy atom. The van der Waals surface area contributed by atoms with Crippen LogP contribution in [0, 0.1) is 6.92 Å². The summed E-state index contributed by atoms with van der Waals surface area (Å²) in [5, 5.41) is 8.84.